The van der Waals surface area contributed by atoms with Crippen LogP contribution in [0, 0.1) is 0 Å². The lowest BCUT2D eigenvalue weighted by Gasteiger charge is -2.15. The first-order valence-corrected chi connectivity index (χ1v) is 13.2. The molecule has 3 aromatic carbocycles. The van der Waals surface area contributed by atoms with E-state index in [2.05, 4.69) is 25.6 Å². The normalized spacial score (nSPS) is 11.0. The average Bonchev–Trinajstić information content (AvgIpc) is 3.47. The number of ether oxygens (including phenoxy) is 4. The fourth-order valence-electron chi connectivity index (χ4n) is 4.21. The number of phenolic OH excluding ortho intramolecular Hbond substituents is 1. The monoisotopic (exact) mass is 570 g/mol. The average molecular weight is 571 g/mol. The van der Waals surface area contributed by atoms with Gasteiger partial charge in [-0.15, -0.1) is 5.10 Å². The van der Waals surface area contributed by atoms with Crippen LogP contribution in [-0.4, -0.2) is 76.6 Å². The van der Waals surface area contributed by atoms with Gasteiger partial charge < -0.3 is 29.4 Å². The van der Waals surface area contributed by atoms with Gasteiger partial charge in [-0.3, -0.25) is 4.79 Å². The Morgan fingerprint density at radius 3 is 2.43 bits per heavy atom. The van der Waals surface area contributed by atoms with Crippen molar-refractivity contribution < 1.29 is 28.8 Å². The number of carbonyl (C=O) groups excluding carboxylic acids is 1. The summed E-state index contributed by atoms with van der Waals surface area (Å²) in [4.78, 5) is 22.0. The van der Waals surface area contributed by atoms with Crippen LogP contribution in [-0.2, 0) is 16.0 Å². The number of phenols is 1. The van der Waals surface area contributed by atoms with Gasteiger partial charge in [0.05, 0.1) is 31.5 Å². The fraction of sp³-hybridized carbons (Fsp3) is 0.233. The second-order valence-corrected chi connectivity index (χ2v) is 9.19. The van der Waals surface area contributed by atoms with E-state index in [-0.39, 0.29) is 11.4 Å². The third kappa shape index (κ3) is 6.79. The molecule has 42 heavy (non-hydrogen) atoms. The first-order chi connectivity index (χ1) is 20.6. The van der Waals surface area contributed by atoms with Crippen LogP contribution < -0.4 is 14.8 Å². The molecule has 0 aliphatic heterocycles. The van der Waals surface area contributed by atoms with E-state index in [1.807, 2.05) is 24.3 Å². The van der Waals surface area contributed by atoms with Crippen LogP contribution in [0.2, 0.25) is 0 Å². The van der Waals surface area contributed by atoms with E-state index >= 15 is 0 Å². The molecule has 2 aromatic heterocycles. The minimum absolute atomic E-state index is 0.180. The van der Waals surface area contributed by atoms with E-state index in [4.69, 9.17) is 18.9 Å². The van der Waals surface area contributed by atoms with Crippen molar-refractivity contribution in [2.45, 2.75) is 6.54 Å². The largest absolute Gasteiger partial charge is 0.508 e. The zero-order valence-corrected chi connectivity index (χ0v) is 23.2. The van der Waals surface area contributed by atoms with Crippen LogP contribution in [0.25, 0.3) is 22.2 Å². The molecule has 12 nitrogen and oxygen atoms in total. The lowest BCUT2D eigenvalue weighted by Crippen LogP contribution is -2.15. The molecule has 5 aromatic rings. The van der Waals surface area contributed by atoms with Crippen molar-refractivity contribution >= 4 is 22.5 Å². The van der Waals surface area contributed by atoms with Gasteiger partial charge >= 0.3 is 0 Å². The zero-order valence-electron chi connectivity index (χ0n) is 23.2. The quantitative estimate of drug-likeness (QED) is 0.200. The number of nitrogens with one attached hydrogen (secondary N) is 1. The van der Waals surface area contributed by atoms with E-state index in [0.29, 0.717) is 66.8 Å². The smallest absolute Gasteiger partial charge is 0.275 e. The van der Waals surface area contributed by atoms with Gasteiger partial charge in [0.25, 0.3) is 5.91 Å². The Morgan fingerprint density at radius 2 is 1.67 bits per heavy atom. The van der Waals surface area contributed by atoms with E-state index in [1.165, 1.54) is 6.33 Å². The van der Waals surface area contributed by atoms with Crippen molar-refractivity contribution in [1.82, 2.24) is 25.0 Å². The molecule has 5 rings (SSSR count). The molecule has 0 aliphatic rings. The summed E-state index contributed by atoms with van der Waals surface area (Å²) in [7, 11) is 3.18. The van der Waals surface area contributed by atoms with Gasteiger partial charge in [0.2, 0.25) is 0 Å². The van der Waals surface area contributed by atoms with Crippen molar-refractivity contribution in [3.63, 3.8) is 0 Å². The maximum atomic E-state index is 13.4. The number of anilines is 1. The second-order valence-electron chi connectivity index (χ2n) is 9.19. The molecule has 2 N–H and O–H groups in total. The molecule has 216 valence electrons. The number of aromatic nitrogens is 5. The number of benzene rings is 3. The SMILES string of the molecule is COCCOc1cc2ncnc(C(=O)Nc3cccc(-c4cn(Cc5ccccc5O)nn4)c3)c2cc1OCCOC. The Kier molecular flexibility index (Phi) is 9.17. The molecule has 0 aliphatic carbocycles. The maximum Gasteiger partial charge on any atom is 0.275 e. The minimum atomic E-state index is -0.418. The molecule has 0 saturated carbocycles. The number of methoxy groups -OCH3 is 2. The molecular formula is C30H30N6O6. The summed E-state index contributed by atoms with van der Waals surface area (Å²) in [6.07, 6.45) is 3.11. The highest BCUT2D eigenvalue weighted by molar-refractivity contribution is 6.11. The Bertz CT molecular complexity index is 1670. The van der Waals surface area contributed by atoms with Gasteiger partial charge in [-0.2, -0.15) is 0 Å². The number of aromatic hydroxyl groups is 1. The van der Waals surface area contributed by atoms with Gasteiger partial charge in [0, 0.05) is 42.5 Å². The van der Waals surface area contributed by atoms with Crippen molar-refractivity contribution in [1.29, 1.82) is 0 Å². The number of amides is 1. The van der Waals surface area contributed by atoms with Crippen molar-refractivity contribution in [2.24, 2.45) is 0 Å². The van der Waals surface area contributed by atoms with E-state index in [9.17, 15) is 9.90 Å². The minimum Gasteiger partial charge on any atom is -0.508 e. The molecule has 1 amide bonds. The molecule has 0 atom stereocenters. The first-order valence-electron chi connectivity index (χ1n) is 13.2. The molecule has 0 radical (unpaired) electrons. The first kappa shape index (κ1) is 28.5. The Hall–Kier alpha value is -5.07. The summed E-state index contributed by atoms with van der Waals surface area (Å²) in [5.74, 6) is 0.691. The predicted octanol–water partition coefficient (Wildman–Crippen LogP) is 3.94. The molecule has 0 spiro atoms. The van der Waals surface area contributed by atoms with Gasteiger partial charge in [-0.05, 0) is 24.3 Å². The third-order valence-electron chi connectivity index (χ3n) is 6.28. The molecule has 0 unspecified atom stereocenters. The third-order valence-corrected chi connectivity index (χ3v) is 6.28. The Morgan fingerprint density at radius 1 is 0.905 bits per heavy atom. The lowest BCUT2D eigenvalue weighted by atomic mass is 10.1. The van der Waals surface area contributed by atoms with Crippen LogP contribution in [0.3, 0.4) is 0 Å². The summed E-state index contributed by atoms with van der Waals surface area (Å²) in [5, 5.41) is 21.9. The highest BCUT2D eigenvalue weighted by Crippen LogP contribution is 2.33. The van der Waals surface area contributed by atoms with Crippen LogP contribution in [0.1, 0.15) is 16.1 Å². The van der Waals surface area contributed by atoms with E-state index < -0.39 is 5.91 Å². The standard InChI is InChI=1S/C30H30N6O6/c1-39-10-12-41-27-15-23-24(16-28(27)42-13-11-40-2)31-19-32-29(23)30(38)33-22-8-5-7-20(14-22)25-18-36(35-34-25)17-21-6-3-4-9-26(21)37/h3-9,14-16,18-19,37H,10-13,17H2,1-2H3,(H,33,38). The summed E-state index contributed by atoms with van der Waals surface area (Å²) in [6, 6.07) is 17.8. The van der Waals surface area contributed by atoms with Gasteiger partial charge in [-0.25, -0.2) is 14.6 Å². The summed E-state index contributed by atoms with van der Waals surface area (Å²) >= 11 is 0. The molecular weight excluding hydrogens is 540 g/mol. The number of fused-ring (bicyclic) bond motifs is 1. The highest BCUT2D eigenvalue weighted by atomic mass is 16.5. The van der Waals surface area contributed by atoms with Crippen molar-refractivity contribution in [3.05, 3.63) is 84.4 Å². The Balaban J connectivity index is 1.36. The van der Waals surface area contributed by atoms with Crippen molar-refractivity contribution in [2.75, 3.05) is 46.0 Å². The van der Waals surface area contributed by atoms with Gasteiger partial charge in [-0.1, -0.05) is 35.5 Å². The topological polar surface area (TPSA) is 143 Å². The van der Waals surface area contributed by atoms with Crippen LogP contribution in [0.4, 0.5) is 5.69 Å². The fourth-order valence-corrected chi connectivity index (χ4v) is 4.21. The Labute approximate surface area is 241 Å². The second kappa shape index (κ2) is 13.5. The zero-order chi connectivity index (χ0) is 29.3. The molecule has 0 saturated heterocycles. The van der Waals surface area contributed by atoms with Gasteiger partial charge in [0.1, 0.15) is 36.7 Å². The van der Waals surface area contributed by atoms with Gasteiger partial charge in [0.15, 0.2) is 11.5 Å². The lowest BCUT2D eigenvalue weighted by molar-refractivity contribution is 0.102. The molecule has 0 fully saturated rings. The molecule has 2 heterocycles. The van der Waals surface area contributed by atoms with Crippen molar-refractivity contribution in [3.8, 4) is 28.5 Å². The summed E-state index contributed by atoms with van der Waals surface area (Å²) in [6.45, 7) is 1.76. The number of carbonyl (C=O) groups is 1. The summed E-state index contributed by atoms with van der Waals surface area (Å²) < 4.78 is 23.5. The van der Waals surface area contributed by atoms with Crippen LogP contribution >= 0.6 is 0 Å². The number of hydrogen-bond donors (Lipinski definition) is 2. The van der Waals surface area contributed by atoms with E-state index in [1.54, 1.807) is 61.5 Å². The maximum absolute atomic E-state index is 13.4. The number of rotatable bonds is 13. The van der Waals surface area contributed by atoms with Crippen LogP contribution in [0.15, 0.2) is 73.2 Å². The molecule has 12 heteroatoms. The van der Waals surface area contributed by atoms with E-state index in [0.717, 1.165) is 11.1 Å². The number of para-hydroxylation sites is 1. The number of nitrogens with zero attached hydrogens (tertiary/aromatic N) is 5. The summed E-state index contributed by atoms with van der Waals surface area (Å²) in [5.41, 5.74) is 3.36. The number of hydrogen-bond acceptors (Lipinski definition) is 10. The predicted molar refractivity (Wildman–Crippen MR) is 155 cm³/mol. The highest BCUT2D eigenvalue weighted by Gasteiger charge is 2.18. The molecule has 0 bridgehead atoms. The van der Waals surface area contributed by atoms with Crippen LogP contribution in [0.5, 0.6) is 17.2 Å².